The molecule has 2 heterocycles. The van der Waals surface area contributed by atoms with Crippen LogP contribution in [0.2, 0.25) is 5.02 Å². The Morgan fingerprint density at radius 1 is 1.13 bits per heavy atom. The molecule has 0 spiro atoms. The number of carbonyl (C=O) groups excluding carboxylic acids is 1. The number of quaternary nitrogens is 1. The van der Waals surface area contributed by atoms with Crippen molar-refractivity contribution in [2.24, 2.45) is 0 Å². The Morgan fingerprint density at radius 3 is 2.60 bits per heavy atom. The van der Waals surface area contributed by atoms with E-state index in [1.54, 1.807) is 25.1 Å². The Hall–Kier alpha value is -2.50. The van der Waals surface area contributed by atoms with E-state index in [0.717, 1.165) is 24.2 Å². The zero-order valence-electron chi connectivity index (χ0n) is 17.5. The minimum atomic E-state index is -0.255. The second-order valence-electron chi connectivity index (χ2n) is 8.18. The monoisotopic (exact) mass is 427 g/mol. The molecule has 1 aliphatic rings. The molecule has 0 saturated carbocycles. The number of aromatic hydroxyl groups is 1. The molecular formula is C24H28ClN2O3+. The highest BCUT2D eigenvalue weighted by atomic mass is 35.5. The van der Waals surface area contributed by atoms with Crippen LogP contribution >= 0.6 is 11.6 Å². The number of furan rings is 1. The van der Waals surface area contributed by atoms with Crippen LogP contribution in [0.3, 0.4) is 0 Å². The molecule has 3 aromatic rings. The van der Waals surface area contributed by atoms with Crippen LogP contribution in [-0.4, -0.2) is 24.1 Å². The predicted octanol–water partition coefficient (Wildman–Crippen LogP) is 4.62. The molecule has 1 fully saturated rings. The summed E-state index contributed by atoms with van der Waals surface area (Å²) in [6.07, 6.45) is 4.91. The van der Waals surface area contributed by atoms with E-state index in [0.29, 0.717) is 39.5 Å². The molecule has 30 heavy (non-hydrogen) atoms. The lowest BCUT2D eigenvalue weighted by atomic mass is 10.0. The van der Waals surface area contributed by atoms with E-state index in [1.165, 1.54) is 30.6 Å². The van der Waals surface area contributed by atoms with E-state index in [9.17, 15) is 9.90 Å². The van der Waals surface area contributed by atoms with Crippen molar-refractivity contribution in [2.45, 2.75) is 46.1 Å². The molecule has 2 aromatic carbocycles. The first-order chi connectivity index (χ1) is 14.5. The van der Waals surface area contributed by atoms with E-state index < -0.39 is 0 Å². The highest BCUT2D eigenvalue weighted by Crippen LogP contribution is 2.34. The summed E-state index contributed by atoms with van der Waals surface area (Å²) < 4.78 is 5.91. The number of halogens is 1. The van der Waals surface area contributed by atoms with E-state index in [1.807, 2.05) is 19.1 Å². The van der Waals surface area contributed by atoms with Gasteiger partial charge in [-0.05, 0) is 69.4 Å². The van der Waals surface area contributed by atoms with Crippen LogP contribution in [0.25, 0.3) is 11.0 Å². The largest absolute Gasteiger partial charge is 0.507 e. The van der Waals surface area contributed by atoms with Crippen LogP contribution < -0.4 is 10.2 Å². The fraction of sp³-hybridized carbons (Fsp3) is 0.375. The van der Waals surface area contributed by atoms with Gasteiger partial charge in [-0.3, -0.25) is 4.79 Å². The SMILES string of the molecule is Cc1oc2ccc(O)c(C[NH+]3CCCCCC3)c2c1C(=O)Nc1cccc(Cl)c1C. The fourth-order valence-electron chi connectivity index (χ4n) is 4.40. The van der Waals surface area contributed by atoms with Gasteiger partial charge in [-0.2, -0.15) is 0 Å². The average molecular weight is 428 g/mol. The molecule has 0 radical (unpaired) electrons. The number of phenols is 1. The number of hydrogen-bond donors (Lipinski definition) is 3. The number of fused-ring (bicyclic) bond motifs is 1. The van der Waals surface area contributed by atoms with Crippen molar-refractivity contribution in [3.63, 3.8) is 0 Å². The van der Waals surface area contributed by atoms with E-state index in [2.05, 4.69) is 5.32 Å². The van der Waals surface area contributed by atoms with Gasteiger partial charge in [-0.15, -0.1) is 0 Å². The van der Waals surface area contributed by atoms with Gasteiger partial charge in [0.05, 0.1) is 24.2 Å². The van der Waals surface area contributed by atoms with Gasteiger partial charge in [0.15, 0.2) is 0 Å². The number of anilines is 1. The van der Waals surface area contributed by atoms with Gasteiger partial charge in [-0.25, -0.2) is 0 Å². The number of benzene rings is 2. The lowest BCUT2D eigenvalue weighted by Crippen LogP contribution is -3.10. The second-order valence-corrected chi connectivity index (χ2v) is 8.58. The van der Waals surface area contributed by atoms with Gasteiger partial charge < -0.3 is 19.7 Å². The molecule has 0 aliphatic carbocycles. The van der Waals surface area contributed by atoms with Gasteiger partial charge in [-0.1, -0.05) is 17.7 Å². The van der Waals surface area contributed by atoms with Crippen molar-refractivity contribution in [1.29, 1.82) is 0 Å². The average Bonchev–Trinajstić information content (AvgIpc) is 2.87. The minimum absolute atomic E-state index is 0.216. The Kier molecular flexibility index (Phi) is 6.02. The zero-order valence-corrected chi connectivity index (χ0v) is 18.2. The Bertz CT molecular complexity index is 1080. The standard InChI is InChI=1S/C24H27ClN2O3/c1-15-18(25)8-7-9-19(15)26-24(29)22-16(2)30-21-11-10-20(28)17(23(21)22)14-27-12-5-3-4-6-13-27/h7-11,28H,3-6,12-14H2,1-2H3,(H,26,29)/p+1. The van der Waals surface area contributed by atoms with Gasteiger partial charge in [0.1, 0.15) is 23.6 Å². The quantitative estimate of drug-likeness (QED) is 0.569. The van der Waals surface area contributed by atoms with Crippen LogP contribution in [0, 0.1) is 13.8 Å². The van der Waals surface area contributed by atoms with Crippen LogP contribution in [0.5, 0.6) is 5.75 Å². The number of rotatable bonds is 4. The highest BCUT2D eigenvalue weighted by Gasteiger charge is 2.26. The molecule has 0 unspecified atom stereocenters. The Morgan fingerprint density at radius 2 is 1.87 bits per heavy atom. The summed E-state index contributed by atoms with van der Waals surface area (Å²) >= 11 is 6.21. The van der Waals surface area contributed by atoms with Gasteiger partial charge in [0.25, 0.3) is 5.91 Å². The predicted molar refractivity (Wildman–Crippen MR) is 120 cm³/mol. The Labute approximate surface area is 181 Å². The molecule has 0 atom stereocenters. The second kappa shape index (κ2) is 8.70. The first-order valence-electron chi connectivity index (χ1n) is 10.6. The molecule has 1 saturated heterocycles. The number of amides is 1. The molecule has 1 amide bonds. The topological polar surface area (TPSA) is 66.9 Å². The maximum Gasteiger partial charge on any atom is 0.259 e. The maximum absolute atomic E-state index is 13.3. The molecule has 158 valence electrons. The van der Waals surface area contributed by atoms with Crippen molar-refractivity contribution in [1.82, 2.24) is 0 Å². The molecule has 1 aliphatic heterocycles. The molecule has 0 bridgehead atoms. The molecule has 4 rings (SSSR count). The van der Waals surface area contributed by atoms with E-state index in [4.69, 9.17) is 16.0 Å². The van der Waals surface area contributed by atoms with Crippen molar-refractivity contribution >= 4 is 34.2 Å². The van der Waals surface area contributed by atoms with Crippen LogP contribution in [0.1, 0.15) is 52.9 Å². The molecule has 5 nitrogen and oxygen atoms in total. The summed E-state index contributed by atoms with van der Waals surface area (Å²) in [6.45, 7) is 6.50. The summed E-state index contributed by atoms with van der Waals surface area (Å²) in [5.74, 6) is 0.502. The summed E-state index contributed by atoms with van der Waals surface area (Å²) in [5, 5.41) is 15.0. The van der Waals surface area contributed by atoms with Crippen molar-refractivity contribution < 1.29 is 19.2 Å². The number of likely N-dealkylation sites (tertiary alicyclic amines) is 1. The van der Waals surface area contributed by atoms with Crippen molar-refractivity contribution in [3.8, 4) is 5.75 Å². The number of nitrogens with one attached hydrogen (secondary N) is 2. The minimum Gasteiger partial charge on any atom is -0.507 e. The normalized spacial score (nSPS) is 15.3. The number of carbonyl (C=O) groups is 1. The number of phenolic OH excluding ortho intramolecular Hbond substituents is 1. The van der Waals surface area contributed by atoms with Gasteiger partial charge in [0.2, 0.25) is 0 Å². The van der Waals surface area contributed by atoms with Crippen molar-refractivity contribution in [3.05, 3.63) is 57.8 Å². The number of hydrogen-bond acceptors (Lipinski definition) is 3. The summed E-state index contributed by atoms with van der Waals surface area (Å²) in [6, 6.07) is 8.84. The lowest BCUT2D eigenvalue weighted by molar-refractivity contribution is -0.913. The fourth-order valence-corrected chi connectivity index (χ4v) is 4.58. The highest BCUT2D eigenvalue weighted by molar-refractivity contribution is 6.31. The molecule has 1 aromatic heterocycles. The molecular weight excluding hydrogens is 400 g/mol. The van der Waals surface area contributed by atoms with Crippen LogP contribution in [-0.2, 0) is 6.54 Å². The summed E-state index contributed by atoms with van der Waals surface area (Å²) in [4.78, 5) is 14.7. The zero-order chi connectivity index (χ0) is 21.3. The lowest BCUT2D eigenvalue weighted by Gasteiger charge is -2.18. The third-order valence-corrected chi connectivity index (χ3v) is 6.50. The maximum atomic E-state index is 13.3. The number of aryl methyl sites for hydroxylation is 1. The smallest absolute Gasteiger partial charge is 0.259 e. The van der Waals surface area contributed by atoms with Crippen LogP contribution in [0.15, 0.2) is 34.7 Å². The summed E-state index contributed by atoms with van der Waals surface area (Å²) in [7, 11) is 0. The van der Waals surface area contributed by atoms with E-state index >= 15 is 0 Å². The molecule has 6 heteroatoms. The van der Waals surface area contributed by atoms with Crippen LogP contribution in [0.4, 0.5) is 5.69 Å². The summed E-state index contributed by atoms with van der Waals surface area (Å²) in [5.41, 5.74) is 3.37. The first-order valence-corrected chi connectivity index (χ1v) is 11.0. The Balaban J connectivity index is 1.74. The van der Waals surface area contributed by atoms with E-state index in [-0.39, 0.29) is 11.7 Å². The van der Waals surface area contributed by atoms with Gasteiger partial charge in [0, 0.05) is 16.1 Å². The first kappa shape index (κ1) is 20.8. The molecule has 3 N–H and O–H groups in total. The van der Waals surface area contributed by atoms with Gasteiger partial charge >= 0.3 is 0 Å². The third-order valence-electron chi connectivity index (χ3n) is 6.10. The van der Waals surface area contributed by atoms with Crippen molar-refractivity contribution in [2.75, 3.05) is 18.4 Å². The third kappa shape index (κ3) is 4.05.